The van der Waals surface area contributed by atoms with Gasteiger partial charge in [0, 0.05) is 42.8 Å². The second kappa shape index (κ2) is 10.6. The molecule has 1 aromatic carbocycles. The number of halogens is 5. The molecule has 206 valence electrons. The van der Waals surface area contributed by atoms with Gasteiger partial charge in [-0.1, -0.05) is 13.0 Å². The zero-order valence-corrected chi connectivity index (χ0v) is 21.4. The molecule has 1 aliphatic rings. The number of pyridine rings is 1. The Morgan fingerprint density at radius 2 is 1.89 bits per heavy atom. The molecule has 38 heavy (non-hydrogen) atoms. The summed E-state index contributed by atoms with van der Waals surface area (Å²) in [6.45, 7) is 1.93. The smallest absolute Gasteiger partial charge is 0.422 e. The van der Waals surface area contributed by atoms with Crippen molar-refractivity contribution in [2.24, 2.45) is 0 Å². The molecule has 0 radical (unpaired) electrons. The quantitative estimate of drug-likeness (QED) is 0.396. The predicted octanol–water partition coefficient (Wildman–Crippen LogP) is 4.86. The van der Waals surface area contributed by atoms with E-state index in [4.69, 9.17) is 0 Å². The average molecular weight is 560 g/mol. The summed E-state index contributed by atoms with van der Waals surface area (Å²) in [5.41, 5.74) is 1.57. The molecule has 8 nitrogen and oxygen atoms in total. The zero-order valence-electron chi connectivity index (χ0n) is 20.5. The Hall–Kier alpha value is -3.13. The first kappa shape index (κ1) is 27.9. The third-order valence-electron chi connectivity index (χ3n) is 6.29. The van der Waals surface area contributed by atoms with Crippen LogP contribution in [0.25, 0.3) is 11.1 Å². The van der Waals surface area contributed by atoms with Gasteiger partial charge in [-0.3, -0.25) is 0 Å². The number of aromatic nitrogens is 4. The van der Waals surface area contributed by atoms with Crippen LogP contribution in [-0.4, -0.2) is 52.9 Å². The van der Waals surface area contributed by atoms with Crippen LogP contribution in [0.4, 0.5) is 22.0 Å². The number of alkyl halides is 5. The van der Waals surface area contributed by atoms with Gasteiger partial charge in [0.1, 0.15) is 12.2 Å². The van der Waals surface area contributed by atoms with Crippen LogP contribution in [0.2, 0.25) is 0 Å². The molecule has 14 heteroatoms. The number of hydrogen-bond donors (Lipinski definition) is 1. The van der Waals surface area contributed by atoms with Crippen molar-refractivity contribution >= 4 is 10.0 Å². The summed E-state index contributed by atoms with van der Waals surface area (Å²) in [7, 11) is -4.15. The van der Waals surface area contributed by atoms with Crippen LogP contribution >= 0.6 is 0 Å². The number of nitrogens with zero attached hydrogens (tertiary/aromatic N) is 4. The lowest BCUT2D eigenvalue weighted by Gasteiger charge is -2.35. The summed E-state index contributed by atoms with van der Waals surface area (Å²) in [5, 5.41) is 7.58. The molecular formula is C24H26F5N5O3S. The summed E-state index contributed by atoms with van der Waals surface area (Å²) in [6.07, 6.45) is -2.38. The number of aryl methyl sites for hydroxylation is 2. The molecule has 2 atom stereocenters. The number of sulfonamides is 1. The van der Waals surface area contributed by atoms with E-state index < -0.39 is 53.7 Å². The highest BCUT2D eigenvalue weighted by atomic mass is 32.2. The summed E-state index contributed by atoms with van der Waals surface area (Å²) in [6, 6.07) is 5.67. The first-order chi connectivity index (χ1) is 17.8. The average Bonchev–Trinajstić information content (AvgIpc) is 3.27. The Morgan fingerprint density at radius 3 is 2.50 bits per heavy atom. The van der Waals surface area contributed by atoms with Crippen molar-refractivity contribution in [1.29, 1.82) is 0 Å². The lowest BCUT2D eigenvalue weighted by molar-refractivity contribution is -0.154. The summed E-state index contributed by atoms with van der Waals surface area (Å²) in [4.78, 5) is 3.84. The molecule has 0 unspecified atom stereocenters. The number of rotatable bonds is 8. The van der Waals surface area contributed by atoms with Gasteiger partial charge in [-0.15, -0.1) is 10.2 Å². The zero-order chi connectivity index (χ0) is 27.7. The van der Waals surface area contributed by atoms with E-state index in [0.29, 0.717) is 28.9 Å². The van der Waals surface area contributed by atoms with Gasteiger partial charge >= 0.3 is 6.18 Å². The van der Waals surface area contributed by atoms with Gasteiger partial charge in [-0.25, -0.2) is 26.9 Å². The first-order valence-electron chi connectivity index (χ1n) is 11.8. The lowest BCUT2D eigenvalue weighted by atomic mass is 9.88. The molecule has 0 spiro atoms. The molecule has 0 amide bonds. The van der Waals surface area contributed by atoms with E-state index in [0.717, 1.165) is 0 Å². The minimum atomic E-state index is -4.49. The maximum absolute atomic E-state index is 14.6. The highest BCUT2D eigenvalue weighted by Gasteiger charge is 2.43. The number of nitrogens with one attached hydrogen (secondary N) is 1. The molecule has 1 N–H and O–H groups in total. The molecule has 1 fully saturated rings. The molecule has 1 aliphatic carbocycles. The third-order valence-corrected chi connectivity index (χ3v) is 7.91. The molecule has 3 aromatic rings. The van der Waals surface area contributed by atoms with E-state index in [1.54, 1.807) is 19.9 Å². The van der Waals surface area contributed by atoms with Crippen LogP contribution in [0.1, 0.15) is 43.6 Å². The van der Waals surface area contributed by atoms with E-state index in [-0.39, 0.29) is 17.2 Å². The van der Waals surface area contributed by atoms with Crippen molar-refractivity contribution < 1.29 is 35.1 Å². The minimum absolute atomic E-state index is 0.0345. The Labute approximate surface area is 216 Å². The number of benzene rings is 1. The lowest BCUT2D eigenvalue weighted by Crippen LogP contribution is -2.45. The van der Waals surface area contributed by atoms with Gasteiger partial charge in [0.05, 0.1) is 4.90 Å². The van der Waals surface area contributed by atoms with Crippen molar-refractivity contribution in [3.8, 4) is 17.0 Å². The third kappa shape index (κ3) is 6.65. The normalized spacial score (nSPS) is 19.9. The van der Waals surface area contributed by atoms with Crippen molar-refractivity contribution in [1.82, 2.24) is 24.5 Å². The SMILES string of the molecule is CCc1cc(-c2ccc(OCC(F)(F)F)nc2)ccc1S(=O)(=O)N[C@@H]1C[C@H](n2cnnc2C)CC(F)(F)C1. The van der Waals surface area contributed by atoms with Gasteiger partial charge in [0.2, 0.25) is 15.9 Å². The van der Waals surface area contributed by atoms with Crippen LogP contribution < -0.4 is 9.46 Å². The highest BCUT2D eigenvalue weighted by Crippen LogP contribution is 2.40. The molecule has 1 saturated carbocycles. The van der Waals surface area contributed by atoms with Crippen molar-refractivity contribution in [2.45, 2.75) is 68.6 Å². The fourth-order valence-corrected chi connectivity index (χ4v) is 6.16. The largest absolute Gasteiger partial charge is 0.468 e. The Kier molecular flexibility index (Phi) is 7.75. The van der Waals surface area contributed by atoms with Crippen molar-refractivity contribution in [3.05, 3.63) is 54.2 Å². The van der Waals surface area contributed by atoms with Crippen molar-refractivity contribution in [3.63, 3.8) is 0 Å². The van der Waals surface area contributed by atoms with E-state index in [1.807, 2.05) is 0 Å². The summed E-state index contributed by atoms with van der Waals surface area (Å²) < 4.78 is 101. The maximum Gasteiger partial charge on any atom is 0.422 e. The van der Waals surface area contributed by atoms with Gasteiger partial charge in [-0.2, -0.15) is 13.2 Å². The molecule has 2 aromatic heterocycles. The van der Waals surface area contributed by atoms with Gasteiger partial charge < -0.3 is 9.30 Å². The Balaban J connectivity index is 1.53. The second-order valence-corrected chi connectivity index (χ2v) is 10.9. The first-order valence-corrected chi connectivity index (χ1v) is 13.3. The molecule has 0 saturated heterocycles. The van der Waals surface area contributed by atoms with E-state index >= 15 is 0 Å². The molecular weight excluding hydrogens is 533 g/mol. The molecule has 0 aliphatic heterocycles. The standard InChI is InChI=1S/C24H26F5N5O3S/c1-3-16-8-17(18-5-7-22(30-12-18)37-13-24(27,28)29)4-6-21(16)38(35,36)33-19-9-20(11-23(25,26)10-19)34-14-31-32-15(34)2/h4-8,12,14,19-20,33H,3,9-11,13H2,1-2H3/t19-,20+/m1/s1. The van der Waals surface area contributed by atoms with E-state index in [1.165, 1.54) is 41.4 Å². The minimum Gasteiger partial charge on any atom is -0.468 e. The fraction of sp³-hybridized carbons (Fsp3) is 0.458. The number of hydrogen-bond acceptors (Lipinski definition) is 6. The van der Waals surface area contributed by atoms with Crippen LogP contribution in [0.5, 0.6) is 5.88 Å². The van der Waals surface area contributed by atoms with E-state index in [9.17, 15) is 30.4 Å². The maximum atomic E-state index is 14.6. The molecule has 4 rings (SSSR count). The Bertz CT molecular complexity index is 1380. The monoisotopic (exact) mass is 559 g/mol. The number of ether oxygens (including phenoxy) is 1. The molecule has 0 bridgehead atoms. The van der Waals surface area contributed by atoms with Gasteiger partial charge in [-0.05, 0) is 49.1 Å². The summed E-state index contributed by atoms with van der Waals surface area (Å²) in [5.74, 6) is -2.81. The van der Waals surface area contributed by atoms with Crippen LogP contribution in [0.3, 0.4) is 0 Å². The second-order valence-electron chi connectivity index (χ2n) is 9.22. The highest BCUT2D eigenvalue weighted by molar-refractivity contribution is 7.89. The summed E-state index contributed by atoms with van der Waals surface area (Å²) >= 11 is 0. The fourth-order valence-electron chi connectivity index (χ4n) is 4.62. The van der Waals surface area contributed by atoms with Gasteiger partial charge in [0.25, 0.3) is 5.92 Å². The van der Waals surface area contributed by atoms with Crippen LogP contribution in [-0.2, 0) is 16.4 Å². The Morgan fingerprint density at radius 1 is 1.16 bits per heavy atom. The predicted molar refractivity (Wildman–Crippen MR) is 127 cm³/mol. The van der Waals surface area contributed by atoms with Crippen LogP contribution in [0.15, 0.2) is 47.8 Å². The van der Waals surface area contributed by atoms with Crippen molar-refractivity contribution in [2.75, 3.05) is 6.61 Å². The van der Waals surface area contributed by atoms with E-state index in [2.05, 4.69) is 24.6 Å². The van der Waals surface area contributed by atoms with Crippen LogP contribution in [0, 0.1) is 6.92 Å². The van der Waals surface area contributed by atoms with Gasteiger partial charge in [0.15, 0.2) is 6.61 Å². The molecule has 2 heterocycles. The topological polar surface area (TPSA) is 99.0 Å².